The number of hydrogen-bond acceptors (Lipinski definition) is 2. The minimum absolute atomic E-state index is 0.0986. The summed E-state index contributed by atoms with van der Waals surface area (Å²) in [4.78, 5) is 0. The first-order chi connectivity index (χ1) is 5.04. The number of nitrogen functional groups attached to an aromatic ring is 1. The van der Waals surface area contributed by atoms with E-state index in [2.05, 4.69) is 0 Å². The van der Waals surface area contributed by atoms with Gasteiger partial charge in [0.25, 0.3) is 0 Å². The van der Waals surface area contributed by atoms with Gasteiger partial charge in [-0.3, -0.25) is 0 Å². The van der Waals surface area contributed by atoms with E-state index in [4.69, 9.17) is 15.0 Å². The normalized spacial score (nSPS) is 14.2. The molecule has 0 saturated heterocycles. The van der Waals surface area contributed by atoms with Crippen molar-refractivity contribution in [3.8, 4) is 5.75 Å². The van der Waals surface area contributed by atoms with Crippen LogP contribution in [0.5, 0.6) is 5.75 Å². The molecule has 1 aromatic rings. The molecule has 0 atom stereocenters. The molecule has 3 N–H and O–H groups in total. The molecule has 0 heterocycles. The van der Waals surface area contributed by atoms with Gasteiger partial charge in [0.2, 0.25) is 0 Å². The van der Waals surface area contributed by atoms with Crippen LogP contribution in [0.2, 0.25) is 0 Å². The number of benzene rings is 1. The molecule has 0 bridgehead atoms. The van der Waals surface area contributed by atoms with Crippen LogP contribution < -0.4 is 5.73 Å². The van der Waals surface area contributed by atoms with E-state index in [-0.39, 0.29) is 23.8 Å². The van der Waals surface area contributed by atoms with E-state index in [1.54, 1.807) is 0 Å². The van der Waals surface area contributed by atoms with Crippen LogP contribution in [-0.2, 0) is 0 Å². The van der Waals surface area contributed by atoms with Crippen LogP contribution in [-0.4, -0.2) is 5.11 Å². The Hall–Kier alpha value is -1.18. The van der Waals surface area contributed by atoms with Crippen LogP contribution >= 0.6 is 0 Å². The van der Waals surface area contributed by atoms with Gasteiger partial charge in [0, 0.05) is 11.7 Å². The summed E-state index contributed by atoms with van der Waals surface area (Å²) in [5.74, 6) is -0.474. The largest absolute Gasteiger partial charge is 0.508 e. The SMILES string of the molecule is [2H]c1cc([2H])c(O)c([2H])c1N. The predicted octanol–water partition coefficient (Wildman–Crippen LogP) is 0.974. The van der Waals surface area contributed by atoms with Crippen molar-refractivity contribution in [1.82, 2.24) is 0 Å². The van der Waals surface area contributed by atoms with Crippen LogP contribution in [0, 0.1) is 0 Å². The first kappa shape index (κ1) is 2.40. The Balaban J connectivity index is 3.46. The van der Waals surface area contributed by atoms with Gasteiger partial charge in [0.15, 0.2) is 0 Å². The van der Waals surface area contributed by atoms with Gasteiger partial charge in [0.05, 0.1) is 4.11 Å². The maximum Gasteiger partial charge on any atom is 0.117 e. The Morgan fingerprint density at radius 2 is 2.38 bits per heavy atom. The molecule has 2 heteroatoms. The Morgan fingerprint density at radius 3 is 3.12 bits per heavy atom. The van der Waals surface area contributed by atoms with Gasteiger partial charge >= 0.3 is 0 Å². The van der Waals surface area contributed by atoms with Crippen LogP contribution in [0.25, 0.3) is 0 Å². The summed E-state index contributed by atoms with van der Waals surface area (Å²) in [7, 11) is 0. The van der Waals surface area contributed by atoms with Crippen LogP contribution in [0.1, 0.15) is 4.11 Å². The summed E-state index contributed by atoms with van der Waals surface area (Å²) in [6.45, 7) is 0. The number of phenolic OH excluding ortho intramolecular Hbond substituents is 1. The molecule has 0 unspecified atom stereocenters. The molecular weight excluding hydrogens is 102 g/mol. The van der Waals surface area contributed by atoms with Crippen molar-refractivity contribution >= 4 is 5.69 Å². The van der Waals surface area contributed by atoms with E-state index in [9.17, 15) is 0 Å². The van der Waals surface area contributed by atoms with Gasteiger partial charge < -0.3 is 10.8 Å². The summed E-state index contributed by atoms with van der Waals surface area (Å²) in [6, 6.07) is 0.414. The fourth-order valence-electron chi connectivity index (χ4n) is 0.382. The number of anilines is 1. The third-order valence-electron chi connectivity index (χ3n) is 0.690. The zero-order valence-corrected chi connectivity index (χ0v) is 4.10. The third-order valence-corrected chi connectivity index (χ3v) is 0.690. The zero-order chi connectivity index (χ0) is 8.59. The molecular formula is C6H7NO. The van der Waals surface area contributed by atoms with Crippen molar-refractivity contribution in [2.75, 3.05) is 5.73 Å². The highest BCUT2D eigenvalue weighted by Crippen LogP contribution is 2.10. The predicted molar refractivity (Wildman–Crippen MR) is 32.5 cm³/mol. The Labute approximate surface area is 51.8 Å². The molecule has 0 aliphatic heterocycles. The van der Waals surface area contributed by atoms with Gasteiger partial charge in [-0.05, 0) is 12.1 Å². The molecule has 0 aliphatic rings. The fraction of sp³-hybridized carbons (Fsp3) is 0. The van der Waals surface area contributed by atoms with Crippen molar-refractivity contribution in [1.29, 1.82) is 0 Å². The van der Waals surface area contributed by atoms with E-state index < -0.39 is 5.75 Å². The molecule has 0 aromatic heterocycles. The van der Waals surface area contributed by atoms with Crippen molar-refractivity contribution in [2.24, 2.45) is 0 Å². The Bertz CT molecular complexity index is 274. The van der Waals surface area contributed by atoms with Crippen molar-refractivity contribution in [3.63, 3.8) is 0 Å². The minimum Gasteiger partial charge on any atom is -0.508 e. The number of phenols is 1. The second kappa shape index (κ2) is 1.74. The van der Waals surface area contributed by atoms with E-state index in [1.807, 2.05) is 0 Å². The van der Waals surface area contributed by atoms with Crippen LogP contribution in [0.4, 0.5) is 5.69 Å². The van der Waals surface area contributed by atoms with E-state index in [0.29, 0.717) is 0 Å². The summed E-state index contributed by atoms with van der Waals surface area (Å²) >= 11 is 0. The highest BCUT2D eigenvalue weighted by molar-refractivity contribution is 5.42. The molecule has 1 rings (SSSR count). The highest BCUT2D eigenvalue weighted by atomic mass is 16.3. The molecule has 0 fully saturated rings. The lowest BCUT2D eigenvalue weighted by Gasteiger charge is -1.90. The molecule has 0 spiro atoms. The first-order valence-electron chi connectivity index (χ1n) is 3.59. The average Bonchev–Trinajstić information content (AvgIpc) is 1.97. The molecule has 42 valence electrons. The van der Waals surface area contributed by atoms with E-state index >= 15 is 0 Å². The summed E-state index contributed by atoms with van der Waals surface area (Å²) in [6.07, 6.45) is 0. The summed E-state index contributed by atoms with van der Waals surface area (Å²) in [5, 5.41) is 8.97. The van der Waals surface area contributed by atoms with E-state index in [1.165, 1.54) is 0 Å². The molecule has 2 nitrogen and oxygen atoms in total. The number of nitrogens with two attached hydrogens (primary N) is 1. The third kappa shape index (κ3) is 0.904. The molecule has 8 heavy (non-hydrogen) atoms. The lowest BCUT2D eigenvalue weighted by Crippen LogP contribution is -1.80. The molecule has 0 aliphatic carbocycles. The smallest absolute Gasteiger partial charge is 0.117 e. The van der Waals surface area contributed by atoms with Gasteiger partial charge in [-0.25, -0.2) is 0 Å². The monoisotopic (exact) mass is 112 g/mol. The fourth-order valence-corrected chi connectivity index (χ4v) is 0.382. The minimum atomic E-state index is -0.474. The lowest BCUT2D eigenvalue weighted by molar-refractivity contribution is 0.475. The number of rotatable bonds is 0. The van der Waals surface area contributed by atoms with Crippen molar-refractivity contribution in [2.45, 2.75) is 0 Å². The summed E-state index contributed by atoms with van der Waals surface area (Å²) < 4.78 is 21.3. The second-order valence-electron chi connectivity index (χ2n) is 1.32. The Morgan fingerprint density at radius 1 is 1.62 bits per heavy atom. The van der Waals surface area contributed by atoms with Gasteiger partial charge in [-0.15, -0.1) is 0 Å². The Kier molecular flexibility index (Phi) is 0.520. The second-order valence-corrected chi connectivity index (χ2v) is 1.32. The molecule has 0 radical (unpaired) electrons. The number of hydrogen-bond donors (Lipinski definition) is 2. The maximum absolute atomic E-state index is 8.97. The van der Waals surface area contributed by atoms with Crippen LogP contribution in [0.15, 0.2) is 24.2 Å². The van der Waals surface area contributed by atoms with Crippen molar-refractivity contribution in [3.05, 3.63) is 24.2 Å². The zero-order valence-electron chi connectivity index (χ0n) is 7.10. The van der Waals surface area contributed by atoms with Crippen molar-refractivity contribution < 1.29 is 9.22 Å². The summed E-state index contributed by atoms with van der Waals surface area (Å²) in [5.41, 5.74) is 5.13. The van der Waals surface area contributed by atoms with Crippen LogP contribution in [0.3, 0.4) is 0 Å². The molecule has 0 amide bonds. The van der Waals surface area contributed by atoms with Gasteiger partial charge in [-0.1, -0.05) is 6.07 Å². The molecule has 0 saturated carbocycles. The quantitative estimate of drug-likeness (QED) is 0.491. The van der Waals surface area contributed by atoms with Gasteiger partial charge in [0.1, 0.15) is 5.75 Å². The first-order valence-corrected chi connectivity index (χ1v) is 2.09. The standard InChI is InChI=1S/C6H7NO/c7-5-2-1-3-6(8)4-5/h1-4,8H,7H2/i2D,3D,4D. The lowest BCUT2D eigenvalue weighted by atomic mass is 10.3. The topological polar surface area (TPSA) is 46.2 Å². The van der Waals surface area contributed by atoms with Gasteiger partial charge in [-0.2, -0.15) is 0 Å². The maximum atomic E-state index is 8.97. The average molecular weight is 112 g/mol. The number of aromatic hydroxyl groups is 1. The van der Waals surface area contributed by atoms with E-state index in [0.717, 1.165) is 6.07 Å². The highest BCUT2D eigenvalue weighted by Gasteiger charge is 1.83. The molecule has 1 aromatic carbocycles.